The van der Waals surface area contributed by atoms with Gasteiger partial charge in [0.15, 0.2) is 17.9 Å². The highest BCUT2D eigenvalue weighted by Gasteiger charge is 2.42. The van der Waals surface area contributed by atoms with E-state index >= 15 is 0 Å². The highest BCUT2D eigenvalue weighted by Crippen LogP contribution is 2.36. The number of benzene rings is 2. The standard InChI is InChI=1S/C30H26F3N7O3/c1-40-13-14-42-16-23(40)27-37-28(39-38-27)25-21-15-20(17-5-3-2-4-6-17)24(36-22(21)11-12-35-25)18-7-9-19(10-8-18)26(34)43-29(41)30(31,32)33/h2-12,15,23,26H,13-14,16,34H2,1H3,(H,37,38,39). The Morgan fingerprint density at radius 1 is 1.07 bits per heavy atom. The second-order valence-electron chi connectivity index (χ2n) is 10.0. The number of halogens is 3. The zero-order valence-corrected chi connectivity index (χ0v) is 22.9. The highest BCUT2D eigenvalue weighted by molar-refractivity contribution is 5.97. The van der Waals surface area contributed by atoms with Gasteiger partial charge in [-0.1, -0.05) is 54.6 Å². The van der Waals surface area contributed by atoms with Gasteiger partial charge in [-0.3, -0.25) is 20.7 Å². The van der Waals surface area contributed by atoms with Gasteiger partial charge in [0.1, 0.15) is 5.69 Å². The van der Waals surface area contributed by atoms with Gasteiger partial charge in [0.05, 0.1) is 30.5 Å². The van der Waals surface area contributed by atoms with Crippen molar-refractivity contribution >= 4 is 16.9 Å². The SMILES string of the molecule is CN1CCOCC1c1n[nH]c(-c2nccc3nc(-c4ccc(C(N)OC(=O)C(F)(F)F)cc4)c(-c4ccccc4)cc23)n1. The Morgan fingerprint density at radius 3 is 2.56 bits per heavy atom. The molecule has 4 heterocycles. The third-order valence-corrected chi connectivity index (χ3v) is 7.23. The van der Waals surface area contributed by atoms with Crippen molar-refractivity contribution in [3.8, 4) is 33.9 Å². The summed E-state index contributed by atoms with van der Waals surface area (Å²) in [5.74, 6) is -1.24. The molecule has 220 valence electrons. The van der Waals surface area contributed by atoms with E-state index in [0.29, 0.717) is 47.3 Å². The van der Waals surface area contributed by atoms with Gasteiger partial charge >= 0.3 is 12.1 Å². The van der Waals surface area contributed by atoms with Crippen molar-refractivity contribution in [1.29, 1.82) is 0 Å². The van der Waals surface area contributed by atoms with Gasteiger partial charge in [0, 0.05) is 34.8 Å². The van der Waals surface area contributed by atoms with Gasteiger partial charge < -0.3 is 9.47 Å². The molecule has 43 heavy (non-hydrogen) atoms. The quantitative estimate of drug-likeness (QED) is 0.211. The van der Waals surface area contributed by atoms with Crippen LogP contribution < -0.4 is 5.73 Å². The third kappa shape index (κ3) is 5.82. The van der Waals surface area contributed by atoms with Crippen LogP contribution in [-0.2, 0) is 14.3 Å². The predicted octanol–water partition coefficient (Wildman–Crippen LogP) is 4.81. The molecule has 1 saturated heterocycles. The number of esters is 1. The summed E-state index contributed by atoms with van der Waals surface area (Å²) in [5.41, 5.74) is 10.1. The van der Waals surface area contributed by atoms with Gasteiger partial charge in [-0.25, -0.2) is 14.8 Å². The summed E-state index contributed by atoms with van der Waals surface area (Å²) in [6.45, 7) is 1.93. The Balaban J connectivity index is 1.40. The van der Waals surface area contributed by atoms with Crippen LogP contribution in [0.1, 0.15) is 23.7 Å². The van der Waals surface area contributed by atoms with E-state index < -0.39 is 18.4 Å². The molecule has 10 nitrogen and oxygen atoms in total. The molecule has 1 aliphatic rings. The summed E-state index contributed by atoms with van der Waals surface area (Å²) in [6.07, 6.45) is -5.08. The van der Waals surface area contributed by atoms with E-state index in [9.17, 15) is 18.0 Å². The van der Waals surface area contributed by atoms with E-state index in [-0.39, 0.29) is 11.6 Å². The number of likely N-dealkylation sites (N-methyl/N-ethyl adjacent to an activating group) is 1. The number of alkyl halides is 3. The van der Waals surface area contributed by atoms with E-state index in [2.05, 4.69) is 24.8 Å². The molecule has 0 aliphatic carbocycles. The van der Waals surface area contributed by atoms with Crippen molar-refractivity contribution in [2.24, 2.45) is 5.73 Å². The average molecular weight is 590 g/mol. The number of carbonyl (C=O) groups is 1. The Morgan fingerprint density at radius 2 is 1.84 bits per heavy atom. The Labute approximate surface area is 243 Å². The van der Waals surface area contributed by atoms with Crippen LogP contribution in [0, 0.1) is 0 Å². The van der Waals surface area contributed by atoms with E-state index in [1.165, 1.54) is 12.1 Å². The van der Waals surface area contributed by atoms with E-state index in [4.69, 9.17) is 20.4 Å². The number of rotatable bonds is 6. The first-order valence-corrected chi connectivity index (χ1v) is 13.4. The Hall–Kier alpha value is -4.72. The molecule has 0 saturated carbocycles. The normalized spacial score (nSPS) is 16.7. The van der Waals surface area contributed by atoms with Crippen LogP contribution >= 0.6 is 0 Å². The summed E-state index contributed by atoms with van der Waals surface area (Å²) in [6, 6.07) is 19.7. The third-order valence-electron chi connectivity index (χ3n) is 7.23. The number of pyridine rings is 2. The minimum atomic E-state index is -5.14. The monoisotopic (exact) mass is 589 g/mol. The van der Waals surface area contributed by atoms with Crippen LogP contribution in [0.2, 0.25) is 0 Å². The van der Waals surface area contributed by atoms with E-state index in [0.717, 1.165) is 23.1 Å². The fraction of sp³-hybridized carbons (Fsp3) is 0.233. The number of hydrogen-bond acceptors (Lipinski definition) is 9. The minimum absolute atomic E-state index is 0.0774. The molecule has 0 spiro atoms. The van der Waals surface area contributed by atoms with Crippen molar-refractivity contribution in [3.05, 3.63) is 84.3 Å². The molecular formula is C30H26F3N7O3. The molecule has 2 unspecified atom stereocenters. The highest BCUT2D eigenvalue weighted by atomic mass is 19.4. The average Bonchev–Trinajstić information content (AvgIpc) is 3.50. The number of hydrogen-bond donors (Lipinski definition) is 2. The summed E-state index contributed by atoms with van der Waals surface area (Å²) >= 11 is 0. The van der Waals surface area contributed by atoms with Gasteiger partial charge in [-0.15, -0.1) is 0 Å². The van der Waals surface area contributed by atoms with Crippen molar-refractivity contribution < 1.29 is 27.4 Å². The Kier molecular flexibility index (Phi) is 7.61. The fourth-order valence-electron chi connectivity index (χ4n) is 4.91. The van der Waals surface area contributed by atoms with Crippen LogP contribution in [0.15, 0.2) is 72.9 Å². The van der Waals surface area contributed by atoms with Crippen molar-refractivity contribution in [2.45, 2.75) is 18.4 Å². The van der Waals surface area contributed by atoms with Gasteiger partial charge in [0.2, 0.25) is 0 Å². The molecule has 1 aliphatic heterocycles. The maximum Gasteiger partial charge on any atom is 0.490 e. The first-order valence-electron chi connectivity index (χ1n) is 13.4. The molecule has 2 aromatic carbocycles. The van der Waals surface area contributed by atoms with Crippen molar-refractivity contribution in [1.82, 2.24) is 30.0 Å². The second-order valence-corrected chi connectivity index (χ2v) is 10.0. The first-order chi connectivity index (χ1) is 20.7. The Bertz CT molecular complexity index is 1760. The lowest BCUT2D eigenvalue weighted by Gasteiger charge is -2.30. The fourth-order valence-corrected chi connectivity index (χ4v) is 4.91. The number of nitrogens with zero attached hydrogens (tertiary/aromatic N) is 5. The zero-order chi connectivity index (χ0) is 30.1. The van der Waals surface area contributed by atoms with E-state index in [1.807, 2.05) is 43.4 Å². The summed E-state index contributed by atoms with van der Waals surface area (Å²) in [4.78, 5) is 27.7. The molecule has 0 amide bonds. The van der Waals surface area contributed by atoms with Crippen LogP contribution in [0.5, 0.6) is 0 Å². The molecule has 3 N–H and O–H groups in total. The molecule has 3 aromatic heterocycles. The van der Waals surface area contributed by atoms with Crippen LogP contribution in [0.4, 0.5) is 13.2 Å². The predicted molar refractivity (Wildman–Crippen MR) is 151 cm³/mol. The van der Waals surface area contributed by atoms with Crippen molar-refractivity contribution in [3.63, 3.8) is 0 Å². The lowest BCUT2D eigenvalue weighted by Crippen LogP contribution is -2.37. The number of morpholine rings is 1. The molecule has 5 aromatic rings. The van der Waals surface area contributed by atoms with Gasteiger partial charge in [0.25, 0.3) is 0 Å². The van der Waals surface area contributed by atoms with Crippen LogP contribution in [-0.4, -0.2) is 69.0 Å². The van der Waals surface area contributed by atoms with Gasteiger partial charge in [-0.2, -0.15) is 18.3 Å². The molecule has 1 fully saturated rings. The van der Waals surface area contributed by atoms with Gasteiger partial charge in [-0.05, 0) is 24.7 Å². The maximum atomic E-state index is 12.6. The number of aromatic nitrogens is 5. The molecule has 13 heteroatoms. The number of ether oxygens (including phenoxy) is 2. The summed E-state index contributed by atoms with van der Waals surface area (Å²) in [7, 11) is 2.01. The van der Waals surface area contributed by atoms with E-state index in [1.54, 1.807) is 24.4 Å². The number of fused-ring (bicyclic) bond motifs is 1. The number of nitrogens with one attached hydrogen (secondary N) is 1. The van der Waals surface area contributed by atoms with Crippen molar-refractivity contribution in [2.75, 3.05) is 26.8 Å². The van der Waals surface area contributed by atoms with Crippen LogP contribution in [0.3, 0.4) is 0 Å². The summed E-state index contributed by atoms with van der Waals surface area (Å²) < 4.78 is 47.9. The number of nitrogens with two attached hydrogens (primary N) is 1. The first kappa shape index (κ1) is 28.4. The largest absolute Gasteiger partial charge is 0.490 e. The smallest absolute Gasteiger partial charge is 0.436 e. The maximum absolute atomic E-state index is 12.6. The number of aromatic amines is 1. The second kappa shape index (κ2) is 11.5. The molecule has 0 radical (unpaired) electrons. The molecular weight excluding hydrogens is 563 g/mol. The topological polar surface area (TPSA) is 132 Å². The zero-order valence-electron chi connectivity index (χ0n) is 22.9. The minimum Gasteiger partial charge on any atom is -0.436 e. The summed E-state index contributed by atoms with van der Waals surface area (Å²) in [5, 5.41) is 8.23. The molecule has 0 bridgehead atoms. The number of carbonyl (C=O) groups excluding carboxylic acids is 1. The lowest BCUT2D eigenvalue weighted by molar-refractivity contribution is -0.205. The van der Waals surface area contributed by atoms with Crippen LogP contribution in [0.25, 0.3) is 44.8 Å². The molecule has 2 atom stereocenters. The lowest BCUT2D eigenvalue weighted by atomic mass is 9.96. The number of H-pyrrole nitrogens is 1. The molecule has 6 rings (SSSR count).